The molecule has 1 aromatic rings. The third-order valence-electron chi connectivity index (χ3n) is 3.81. The van der Waals surface area contributed by atoms with E-state index in [2.05, 4.69) is 33.4 Å². The zero-order valence-corrected chi connectivity index (χ0v) is 16.6. The molecule has 0 saturated carbocycles. The number of ether oxygens (including phenoxy) is 1. The summed E-state index contributed by atoms with van der Waals surface area (Å²) in [7, 11) is 0. The van der Waals surface area contributed by atoms with Crippen molar-refractivity contribution in [3.8, 4) is 0 Å². The molecular formula is C17H27BrN2O2S. The summed E-state index contributed by atoms with van der Waals surface area (Å²) in [5.74, 6) is 0. The monoisotopic (exact) mass is 402 g/mol. The van der Waals surface area contributed by atoms with Crippen LogP contribution >= 0.6 is 27.3 Å². The Balaban J connectivity index is 1.78. The molecule has 1 aliphatic heterocycles. The fraction of sp³-hybridized carbons (Fsp3) is 0.706. The fourth-order valence-electron chi connectivity index (χ4n) is 2.74. The minimum absolute atomic E-state index is 0.175. The highest BCUT2D eigenvalue weighted by Gasteiger charge is 2.30. The van der Waals surface area contributed by atoms with Gasteiger partial charge >= 0.3 is 6.09 Å². The molecule has 4 nitrogen and oxygen atoms in total. The van der Waals surface area contributed by atoms with E-state index in [1.165, 1.54) is 15.1 Å². The molecule has 0 aliphatic carbocycles. The second kappa shape index (κ2) is 8.49. The maximum atomic E-state index is 12.4. The molecule has 6 heteroatoms. The number of hydrogen-bond acceptors (Lipinski definition) is 4. The maximum absolute atomic E-state index is 12.4. The molecule has 130 valence electrons. The van der Waals surface area contributed by atoms with E-state index in [1.807, 2.05) is 25.7 Å². The van der Waals surface area contributed by atoms with Crippen molar-refractivity contribution in [3.05, 3.63) is 20.8 Å². The standard InChI is InChI=1S/C17H27BrN2O2S/c1-17(2,3)22-16(21)20-11-5-4-6-13(20)12-19-10-9-14-7-8-15(18)23-14/h7-8,13,19H,4-6,9-12H2,1-3H3. The van der Waals surface area contributed by atoms with Crippen molar-refractivity contribution in [3.63, 3.8) is 0 Å². The first-order valence-electron chi connectivity index (χ1n) is 8.30. The Morgan fingerprint density at radius 1 is 1.43 bits per heavy atom. The van der Waals surface area contributed by atoms with Crippen molar-refractivity contribution in [2.45, 2.75) is 58.1 Å². The average Bonchev–Trinajstić information content (AvgIpc) is 2.88. The summed E-state index contributed by atoms with van der Waals surface area (Å²) in [4.78, 5) is 15.6. The summed E-state index contributed by atoms with van der Waals surface area (Å²) in [6.07, 6.45) is 4.15. The Morgan fingerprint density at radius 2 is 2.22 bits per heavy atom. The van der Waals surface area contributed by atoms with Crippen LogP contribution in [0.4, 0.5) is 4.79 Å². The minimum atomic E-state index is -0.431. The van der Waals surface area contributed by atoms with Crippen LogP contribution in [-0.4, -0.2) is 42.3 Å². The van der Waals surface area contributed by atoms with Crippen LogP contribution < -0.4 is 5.32 Å². The van der Waals surface area contributed by atoms with Crippen LogP contribution in [0.25, 0.3) is 0 Å². The number of rotatable bonds is 5. The molecule has 1 atom stereocenters. The molecule has 2 heterocycles. The van der Waals surface area contributed by atoms with Crippen molar-refractivity contribution in [2.75, 3.05) is 19.6 Å². The molecule has 0 radical (unpaired) electrons. The Bertz CT molecular complexity index is 513. The lowest BCUT2D eigenvalue weighted by Crippen LogP contribution is -2.50. The van der Waals surface area contributed by atoms with E-state index in [4.69, 9.17) is 4.74 Å². The van der Waals surface area contributed by atoms with Gasteiger partial charge in [-0.3, -0.25) is 0 Å². The summed E-state index contributed by atoms with van der Waals surface area (Å²) in [5, 5.41) is 3.50. The number of likely N-dealkylation sites (tertiary alicyclic amines) is 1. The Labute approximate surface area is 151 Å². The van der Waals surface area contributed by atoms with Crippen LogP contribution in [0, 0.1) is 0 Å². The van der Waals surface area contributed by atoms with Crippen LogP contribution in [0.15, 0.2) is 15.9 Å². The number of nitrogens with zero attached hydrogens (tertiary/aromatic N) is 1. The summed E-state index contributed by atoms with van der Waals surface area (Å²) in [5.41, 5.74) is -0.431. The van der Waals surface area contributed by atoms with Gasteiger partial charge in [0, 0.05) is 30.6 Å². The predicted octanol–water partition coefficient (Wildman–Crippen LogP) is 4.43. The molecule has 2 rings (SSSR count). The highest BCUT2D eigenvalue weighted by atomic mass is 79.9. The molecule has 1 saturated heterocycles. The molecule has 1 aromatic heterocycles. The largest absolute Gasteiger partial charge is 0.444 e. The van der Waals surface area contributed by atoms with Gasteiger partial charge < -0.3 is 15.0 Å². The SMILES string of the molecule is CC(C)(C)OC(=O)N1CCCCC1CNCCc1ccc(Br)s1. The average molecular weight is 403 g/mol. The van der Waals surface area contributed by atoms with E-state index >= 15 is 0 Å². The van der Waals surface area contributed by atoms with Crippen molar-refractivity contribution >= 4 is 33.4 Å². The van der Waals surface area contributed by atoms with Gasteiger partial charge in [0.1, 0.15) is 5.60 Å². The smallest absolute Gasteiger partial charge is 0.410 e. The first-order valence-corrected chi connectivity index (χ1v) is 9.90. The number of carbonyl (C=O) groups is 1. The third-order valence-corrected chi connectivity index (χ3v) is 5.50. The van der Waals surface area contributed by atoms with Crippen molar-refractivity contribution in [2.24, 2.45) is 0 Å². The van der Waals surface area contributed by atoms with E-state index in [0.29, 0.717) is 0 Å². The Hall–Kier alpha value is -0.590. The highest BCUT2D eigenvalue weighted by molar-refractivity contribution is 9.11. The number of thiophene rings is 1. The summed E-state index contributed by atoms with van der Waals surface area (Å²) >= 11 is 5.27. The second-order valence-corrected chi connectivity index (χ2v) is 9.53. The van der Waals surface area contributed by atoms with Crippen LogP contribution in [0.2, 0.25) is 0 Å². The summed E-state index contributed by atoms with van der Waals surface area (Å²) in [6.45, 7) is 8.33. The van der Waals surface area contributed by atoms with Gasteiger partial charge in [-0.1, -0.05) is 0 Å². The van der Waals surface area contributed by atoms with Gasteiger partial charge in [0.25, 0.3) is 0 Å². The van der Waals surface area contributed by atoms with Crippen LogP contribution in [0.5, 0.6) is 0 Å². The topological polar surface area (TPSA) is 41.6 Å². The number of amides is 1. The molecule has 1 unspecified atom stereocenters. The highest BCUT2D eigenvalue weighted by Crippen LogP contribution is 2.22. The number of hydrogen-bond donors (Lipinski definition) is 1. The van der Waals surface area contributed by atoms with Crippen molar-refractivity contribution in [1.29, 1.82) is 0 Å². The minimum Gasteiger partial charge on any atom is -0.444 e. The number of halogens is 1. The van der Waals surface area contributed by atoms with E-state index in [-0.39, 0.29) is 12.1 Å². The number of carbonyl (C=O) groups excluding carboxylic acids is 1. The quantitative estimate of drug-likeness (QED) is 0.740. The van der Waals surface area contributed by atoms with Gasteiger partial charge in [0.05, 0.1) is 3.79 Å². The van der Waals surface area contributed by atoms with Gasteiger partial charge in [-0.15, -0.1) is 11.3 Å². The fourth-order valence-corrected chi connectivity index (χ4v) is 4.22. The molecule has 0 aromatic carbocycles. The molecule has 0 spiro atoms. The van der Waals surface area contributed by atoms with Gasteiger partial charge in [-0.2, -0.15) is 0 Å². The molecular weight excluding hydrogens is 376 g/mol. The maximum Gasteiger partial charge on any atom is 0.410 e. The first-order chi connectivity index (χ1) is 10.8. The molecule has 0 bridgehead atoms. The van der Waals surface area contributed by atoms with E-state index < -0.39 is 5.60 Å². The molecule has 1 N–H and O–H groups in total. The van der Waals surface area contributed by atoms with Gasteiger partial charge in [0.2, 0.25) is 0 Å². The Morgan fingerprint density at radius 3 is 2.87 bits per heavy atom. The number of piperidine rings is 1. The van der Waals surface area contributed by atoms with Crippen molar-refractivity contribution in [1.82, 2.24) is 10.2 Å². The second-order valence-electron chi connectivity index (χ2n) is 6.98. The van der Waals surface area contributed by atoms with Gasteiger partial charge in [0.15, 0.2) is 0 Å². The van der Waals surface area contributed by atoms with Gasteiger partial charge in [-0.25, -0.2) is 4.79 Å². The molecule has 1 aliphatic rings. The zero-order valence-electron chi connectivity index (χ0n) is 14.2. The summed E-state index contributed by atoms with van der Waals surface area (Å²) < 4.78 is 6.72. The van der Waals surface area contributed by atoms with E-state index in [9.17, 15) is 4.79 Å². The first kappa shape index (κ1) is 18.7. The zero-order chi connectivity index (χ0) is 16.9. The third kappa shape index (κ3) is 6.43. The van der Waals surface area contributed by atoms with Crippen molar-refractivity contribution < 1.29 is 9.53 Å². The lowest BCUT2D eigenvalue weighted by Gasteiger charge is -2.37. The van der Waals surface area contributed by atoms with Crippen LogP contribution in [-0.2, 0) is 11.2 Å². The van der Waals surface area contributed by atoms with Crippen LogP contribution in [0.3, 0.4) is 0 Å². The number of nitrogens with one attached hydrogen (secondary N) is 1. The lowest BCUT2D eigenvalue weighted by atomic mass is 10.0. The Kier molecular flexibility index (Phi) is 6.92. The van der Waals surface area contributed by atoms with E-state index in [1.54, 1.807) is 11.3 Å². The lowest BCUT2D eigenvalue weighted by molar-refractivity contribution is 0.00999. The molecule has 1 amide bonds. The molecule has 23 heavy (non-hydrogen) atoms. The summed E-state index contributed by atoms with van der Waals surface area (Å²) in [6, 6.07) is 4.49. The van der Waals surface area contributed by atoms with E-state index in [0.717, 1.165) is 38.9 Å². The molecule has 1 fully saturated rings. The van der Waals surface area contributed by atoms with Crippen LogP contribution in [0.1, 0.15) is 44.9 Å². The predicted molar refractivity (Wildman–Crippen MR) is 99.2 cm³/mol. The normalized spacial score (nSPS) is 19.0. The van der Waals surface area contributed by atoms with Gasteiger partial charge in [-0.05, 0) is 74.5 Å².